The molecule has 0 spiro atoms. The molecule has 0 heterocycles. The highest BCUT2D eigenvalue weighted by Crippen LogP contribution is 2.75. The van der Waals surface area contributed by atoms with E-state index in [9.17, 15) is 14.9 Å². The maximum atomic E-state index is 14.3. The van der Waals surface area contributed by atoms with Gasteiger partial charge >= 0.3 is 0 Å². The Bertz CT molecular complexity index is 1030. The van der Waals surface area contributed by atoms with Crippen LogP contribution < -0.4 is 0 Å². The number of carbonyl (C=O) groups excluding carboxylic acids is 2. The van der Waals surface area contributed by atoms with E-state index >= 15 is 0 Å². The average Bonchev–Trinajstić information content (AvgIpc) is 2.74. The van der Waals surface area contributed by atoms with Gasteiger partial charge in [-0.15, -0.1) is 0 Å². The number of Topliss-reactive ketones (excluding diaryl/α,β-unsaturated/α-hetero) is 2. The van der Waals surface area contributed by atoms with Crippen LogP contribution in [0.4, 0.5) is 0 Å². The van der Waals surface area contributed by atoms with Crippen molar-refractivity contribution in [1.29, 1.82) is 5.26 Å². The van der Waals surface area contributed by atoms with Crippen molar-refractivity contribution in [3.05, 3.63) is 11.6 Å². The first-order chi connectivity index (χ1) is 15.6. The number of rotatable bonds is 0. The Hall–Kier alpha value is -1.43. The lowest BCUT2D eigenvalue weighted by molar-refractivity contribution is -0.220. The van der Waals surface area contributed by atoms with E-state index in [4.69, 9.17) is 0 Å². The van der Waals surface area contributed by atoms with Crippen molar-refractivity contribution in [3.63, 3.8) is 0 Å². The first kappa shape index (κ1) is 24.3. The third kappa shape index (κ3) is 2.81. The van der Waals surface area contributed by atoms with Crippen LogP contribution in [0.1, 0.15) is 107 Å². The van der Waals surface area contributed by atoms with Gasteiger partial charge < -0.3 is 0 Å². The Morgan fingerprint density at radius 3 is 2.15 bits per heavy atom. The summed E-state index contributed by atoms with van der Waals surface area (Å²) in [6, 6.07) is 2.23. The van der Waals surface area contributed by atoms with E-state index in [1.54, 1.807) is 0 Å². The van der Waals surface area contributed by atoms with Crippen molar-refractivity contribution in [1.82, 2.24) is 0 Å². The van der Waals surface area contributed by atoms with Crippen LogP contribution in [0.2, 0.25) is 0 Å². The fourth-order valence-corrected chi connectivity index (χ4v) is 10.6. The minimum atomic E-state index is -0.560. The van der Waals surface area contributed by atoms with Gasteiger partial charge in [-0.05, 0) is 89.8 Å². The van der Waals surface area contributed by atoms with E-state index in [2.05, 4.69) is 47.6 Å². The summed E-state index contributed by atoms with van der Waals surface area (Å²) >= 11 is 0. The van der Waals surface area contributed by atoms with Crippen molar-refractivity contribution >= 4 is 11.6 Å². The second-order valence-electron chi connectivity index (χ2n) is 15.3. The van der Waals surface area contributed by atoms with Crippen LogP contribution in [-0.2, 0) is 9.59 Å². The van der Waals surface area contributed by atoms with Crippen LogP contribution in [-0.4, -0.2) is 11.6 Å². The van der Waals surface area contributed by atoms with E-state index in [0.29, 0.717) is 29.1 Å². The molecule has 0 aromatic heterocycles. The van der Waals surface area contributed by atoms with Gasteiger partial charge in [0.25, 0.3) is 0 Å². The first-order valence-corrected chi connectivity index (χ1v) is 13.8. The molecule has 0 aromatic carbocycles. The molecule has 5 rings (SSSR count). The number of hydrogen-bond donors (Lipinski definition) is 0. The fraction of sp³-hybridized carbons (Fsp3) is 0.839. The van der Waals surface area contributed by atoms with Crippen LogP contribution in [0, 0.1) is 67.5 Å². The summed E-state index contributed by atoms with van der Waals surface area (Å²) in [5.41, 5.74) is 0.0617. The molecule has 0 saturated heterocycles. The molecule has 3 unspecified atom stereocenters. The lowest BCUT2D eigenvalue weighted by Crippen LogP contribution is -2.68. The summed E-state index contributed by atoms with van der Waals surface area (Å²) < 4.78 is 0. The van der Waals surface area contributed by atoms with E-state index in [0.717, 1.165) is 25.7 Å². The van der Waals surface area contributed by atoms with Crippen LogP contribution in [0.25, 0.3) is 0 Å². The van der Waals surface area contributed by atoms with Gasteiger partial charge in [-0.3, -0.25) is 9.59 Å². The highest BCUT2D eigenvalue weighted by molar-refractivity contribution is 6.04. The highest BCUT2D eigenvalue weighted by atomic mass is 16.1. The first-order valence-electron chi connectivity index (χ1n) is 13.8. The monoisotopic (exact) mass is 463 g/mol. The number of nitriles is 1. The Morgan fingerprint density at radius 1 is 0.853 bits per heavy atom. The molecule has 0 bridgehead atoms. The fourth-order valence-electron chi connectivity index (χ4n) is 10.6. The van der Waals surface area contributed by atoms with Crippen LogP contribution in [0.3, 0.4) is 0 Å². The molecule has 0 amide bonds. The van der Waals surface area contributed by atoms with Gasteiger partial charge in [-0.25, -0.2) is 0 Å². The number of nitrogens with zero attached hydrogens (tertiary/aromatic N) is 1. The zero-order chi connectivity index (χ0) is 25.1. The van der Waals surface area contributed by atoms with Gasteiger partial charge in [0.05, 0.1) is 5.57 Å². The maximum absolute atomic E-state index is 14.3. The maximum Gasteiger partial charge on any atom is 0.178 e. The van der Waals surface area contributed by atoms with Gasteiger partial charge in [-0.1, -0.05) is 61.5 Å². The average molecular weight is 464 g/mol. The number of hydrogen-bond acceptors (Lipinski definition) is 3. The molecule has 0 radical (unpaired) electrons. The minimum absolute atomic E-state index is 0.00910. The SMILES string of the molecule is CC1(C)CC[C@]2(C)CC[C@]3(C)C(C(=O)CC4[C@@]5(C)C=C(C#N)C(=O)C(C)(C)[C@@H]5CC[C@]43C)C2C1. The lowest BCUT2D eigenvalue weighted by atomic mass is 9.32. The summed E-state index contributed by atoms with van der Waals surface area (Å²) in [7, 11) is 0. The van der Waals surface area contributed by atoms with Gasteiger partial charge in [-0.2, -0.15) is 5.26 Å². The third-order valence-corrected chi connectivity index (χ3v) is 12.9. The van der Waals surface area contributed by atoms with Gasteiger partial charge in [0, 0.05) is 17.8 Å². The topological polar surface area (TPSA) is 57.9 Å². The van der Waals surface area contributed by atoms with Gasteiger partial charge in [0.2, 0.25) is 0 Å². The molecule has 8 atom stereocenters. The smallest absolute Gasteiger partial charge is 0.178 e. The number of fused-ring (bicyclic) bond motifs is 7. The Morgan fingerprint density at radius 2 is 1.50 bits per heavy atom. The number of ketones is 2. The van der Waals surface area contributed by atoms with Crippen LogP contribution in [0.15, 0.2) is 11.6 Å². The zero-order valence-corrected chi connectivity index (χ0v) is 22.8. The predicted octanol–water partition coefficient (Wildman–Crippen LogP) is 7.31. The molecule has 4 saturated carbocycles. The molecule has 0 aliphatic heterocycles. The van der Waals surface area contributed by atoms with E-state index in [-0.39, 0.29) is 45.2 Å². The Balaban J connectivity index is 1.63. The number of allylic oxidation sites excluding steroid dienone is 2. The molecule has 4 fully saturated rings. The summed E-state index contributed by atoms with van der Waals surface area (Å²) in [6.45, 7) is 18.6. The molecular weight excluding hydrogens is 418 g/mol. The summed E-state index contributed by atoms with van der Waals surface area (Å²) in [5.74, 6) is 1.44. The van der Waals surface area contributed by atoms with Gasteiger partial charge in [0.1, 0.15) is 11.9 Å². The molecule has 0 N–H and O–H groups in total. The molecule has 186 valence electrons. The summed E-state index contributed by atoms with van der Waals surface area (Å²) in [6.07, 6.45) is 10.7. The molecule has 3 nitrogen and oxygen atoms in total. The van der Waals surface area contributed by atoms with Crippen LogP contribution >= 0.6 is 0 Å². The van der Waals surface area contributed by atoms with Crippen molar-refractivity contribution < 1.29 is 9.59 Å². The largest absolute Gasteiger partial charge is 0.299 e. The van der Waals surface area contributed by atoms with Crippen molar-refractivity contribution in [3.8, 4) is 6.07 Å². The summed E-state index contributed by atoms with van der Waals surface area (Å²) in [5, 5.41) is 9.85. The third-order valence-electron chi connectivity index (χ3n) is 12.9. The lowest BCUT2D eigenvalue weighted by Gasteiger charge is -2.71. The van der Waals surface area contributed by atoms with E-state index in [1.807, 2.05) is 19.9 Å². The van der Waals surface area contributed by atoms with E-state index < -0.39 is 5.41 Å². The molecule has 0 aromatic rings. The standard InChI is InChI=1S/C31H45NO2/c1-26(2)11-12-28(5)13-14-31(8)24(20(28)17-26)21(33)15-23-29(6)16-19(18-32)25(34)27(3,4)22(29)9-10-30(23,31)7/h16,20,22-24H,9-15,17H2,1-8H3/t20?,22-,23?,24?,28+,29-,30+,31+/m0/s1. The quantitative estimate of drug-likeness (QED) is 0.378. The Labute approximate surface area is 207 Å². The Kier molecular flexibility index (Phi) is 4.90. The van der Waals surface area contributed by atoms with Crippen molar-refractivity contribution in [2.24, 2.45) is 56.2 Å². The van der Waals surface area contributed by atoms with Crippen molar-refractivity contribution in [2.45, 2.75) is 107 Å². The normalized spacial score (nSPS) is 51.2. The predicted molar refractivity (Wildman–Crippen MR) is 135 cm³/mol. The molecule has 5 aliphatic rings. The molecule has 3 heteroatoms. The minimum Gasteiger partial charge on any atom is -0.299 e. The van der Waals surface area contributed by atoms with Gasteiger partial charge in [0.15, 0.2) is 5.78 Å². The summed E-state index contributed by atoms with van der Waals surface area (Å²) in [4.78, 5) is 27.4. The van der Waals surface area contributed by atoms with Crippen LogP contribution in [0.5, 0.6) is 0 Å². The number of carbonyl (C=O) groups is 2. The van der Waals surface area contributed by atoms with E-state index in [1.165, 1.54) is 19.3 Å². The second-order valence-corrected chi connectivity index (χ2v) is 15.3. The molecule has 34 heavy (non-hydrogen) atoms. The van der Waals surface area contributed by atoms with Crippen molar-refractivity contribution in [2.75, 3.05) is 0 Å². The zero-order valence-electron chi connectivity index (χ0n) is 22.8. The molecular formula is C31H45NO2. The second kappa shape index (κ2) is 6.86. The highest BCUT2D eigenvalue weighted by Gasteiger charge is 2.71. The molecule has 5 aliphatic carbocycles.